The van der Waals surface area contributed by atoms with Gasteiger partial charge in [0.1, 0.15) is 5.78 Å². The van der Waals surface area contributed by atoms with E-state index in [1.807, 2.05) is 6.92 Å². The number of hydrogen-bond acceptors (Lipinski definition) is 4. The van der Waals surface area contributed by atoms with Crippen LogP contribution in [-0.2, 0) is 4.79 Å². The molecule has 0 saturated heterocycles. The first-order chi connectivity index (χ1) is 4.50. The first-order valence-electron chi connectivity index (χ1n) is 3.24. The van der Waals surface area contributed by atoms with Crippen LogP contribution in [0.3, 0.4) is 0 Å². The Morgan fingerprint density at radius 2 is 1.70 bits per heavy atom. The average molecular weight is 147 g/mol. The monoisotopic (exact) mass is 147 g/mol. The lowest BCUT2D eigenvalue weighted by atomic mass is 10.5. The largest absolute Gasteiger partial charge is 0.300 e. The van der Waals surface area contributed by atoms with Gasteiger partial charge in [0, 0.05) is 6.54 Å². The minimum absolute atomic E-state index is 0.167. The number of carbonyl (C=O) groups is 1. The molecule has 0 spiro atoms. The minimum Gasteiger partial charge on any atom is -0.300 e. The molecule has 4 N–H and O–H groups in total. The third-order valence-electron chi connectivity index (χ3n) is 0.482. The lowest BCUT2D eigenvalue weighted by molar-refractivity contribution is -0.114. The number of ketones is 1. The lowest BCUT2D eigenvalue weighted by Gasteiger charge is -2.03. The maximum absolute atomic E-state index is 9.44. The van der Waals surface area contributed by atoms with Gasteiger partial charge in [0.15, 0.2) is 0 Å². The maximum atomic E-state index is 9.44. The molecule has 0 fully saturated rings. The molecule has 62 valence electrons. The van der Waals surface area contributed by atoms with Crippen molar-refractivity contribution >= 4 is 5.78 Å². The summed E-state index contributed by atoms with van der Waals surface area (Å²) < 4.78 is 0. The molecule has 0 aliphatic heterocycles. The normalized spacial score (nSPS) is 8.60. The third kappa shape index (κ3) is 49.8. The second-order valence-electron chi connectivity index (χ2n) is 2.15. The van der Waals surface area contributed by atoms with Gasteiger partial charge in [-0.15, -0.1) is 0 Å². The molecule has 4 heteroatoms. The van der Waals surface area contributed by atoms with Crippen molar-refractivity contribution in [1.29, 1.82) is 0 Å². The van der Waals surface area contributed by atoms with Crippen LogP contribution < -0.4 is 11.7 Å². The van der Waals surface area contributed by atoms with Crippen LogP contribution in [0.15, 0.2) is 0 Å². The number of nitrogens with two attached hydrogens (primary N) is 2. The van der Waals surface area contributed by atoms with Crippen LogP contribution in [0.2, 0.25) is 0 Å². The summed E-state index contributed by atoms with van der Waals surface area (Å²) in [6.45, 7) is 5.84. The zero-order valence-corrected chi connectivity index (χ0v) is 6.92. The van der Waals surface area contributed by atoms with E-state index in [0.717, 1.165) is 13.0 Å². The molecular formula is C6H17N3O. The van der Waals surface area contributed by atoms with Gasteiger partial charge in [-0.25, -0.2) is 0 Å². The predicted octanol–water partition coefficient (Wildman–Crippen LogP) is 0.0411. The SMILES string of the molecule is CC(C)=O.CCCN(N)N. The number of nitrogens with zero attached hydrogens (tertiary/aromatic N) is 1. The lowest BCUT2D eigenvalue weighted by Crippen LogP contribution is -2.38. The summed E-state index contributed by atoms with van der Waals surface area (Å²) >= 11 is 0. The highest BCUT2D eigenvalue weighted by Crippen LogP contribution is 1.69. The Kier molecular flexibility index (Phi) is 10.5. The van der Waals surface area contributed by atoms with Crippen molar-refractivity contribution < 1.29 is 4.79 Å². The van der Waals surface area contributed by atoms with E-state index in [1.165, 1.54) is 19.0 Å². The summed E-state index contributed by atoms with van der Waals surface area (Å²) in [7, 11) is 0. The van der Waals surface area contributed by atoms with E-state index in [0.29, 0.717) is 0 Å². The van der Waals surface area contributed by atoms with Crippen molar-refractivity contribution in [2.45, 2.75) is 27.2 Å². The van der Waals surface area contributed by atoms with Crippen molar-refractivity contribution in [3.63, 3.8) is 0 Å². The van der Waals surface area contributed by atoms with Crippen molar-refractivity contribution in [2.24, 2.45) is 11.7 Å². The van der Waals surface area contributed by atoms with Gasteiger partial charge in [0.2, 0.25) is 0 Å². The number of hydrazine groups is 2. The maximum Gasteiger partial charge on any atom is 0.126 e. The quantitative estimate of drug-likeness (QED) is 0.427. The molecule has 0 amide bonds. The molecule has 0 aromatic heterocycles. The van der Waals surface area contributed by atoms with Crippen LogP contribution in [0.4, 0.5) is 0 Å². The highest BCUT2D eigenvalue weighted by atomic mass is 16.1. The first kappa shape index (κ1) is 12.2. The number of hydrogen-bond donors (Lipinski definition) is 2. The summed E-state index contributed by atoms with van der Waals surface area (Å²) in [4.78, 5) is 9.44. The molecule has 0 saturated carbocycles. The van der Waals surface area contributed by atoms with Gasteiger partial charge in [-0.2, -0.15) is 5.12 Å². The molecule has 10 heavy (non-hydrogen) atoms. The second kappa shape index (κ2) is 8.55. The Labute approximate surface area is 62.1 Å². The van der Waals surface area contributed by atoms with E-state index in [-0.39, 0.29) is 5.78 Å². The van der Waals surface area contributed by atoms with Gasteiger partial charge in [-0.1, -0.05) is 6.92 Å². The second-order valence-corrected chi connectivity index (χ2v) is 2.15. The predicted molar refractivity (Wildman–Crippen MR) is 41.7 cm³/mol. The topological polar surface area (TPSA) is 72.3 Å². The van der Waals surface area contributed by atoms with Gasteiger partial charge >= 0.3 is 0 Å². The fourth-order valence-electron chi connectivity index (χ4n) is 0.258. The van der Waals surface area contributed by atoms with E-state index in [2.05, 4.69) is 0 Å². The molecule has 0 aliphatic carbocycles. The summed E-state index contributed by atoms with van der Waals surface area (Å²) in [5, 5.41) is 1.18. The van der Waals surface area contributed by atoms with E-state index in [1.54, 1.807) is 0 Å². The highest BCUT2D eigenvalue weighted by Gasteiger charge is 1.80. The van der Waals surface area contributed by atoms with Crippen LogP contribution >= 0.6 is 0 Å². The summed E-state index contributed by atoms with van der Waals surface area (Å²) in [5.74, 6) is 10.2. The van der Waals surface area contributed by atoms with Crippen molar-refractivity contribution in [1.82, 2.24) is 5.12 Å². The van der Waals surface area contributed by atoms with Gasteiger partial charge in [0.05, 0.1) is 0 Å². The van der Waals surface area contributed by atoms with Gasteiger partial charge in [0.25, 0.3) is 0 Å². The van der Waals surface area contributed by atoms with E-state index < -0.39 is 0 Å². The average Bonchev–Trinajstić information content (AvgIpc) is 1.62. The van der Waals surface area contributed by atoms with Gasteiger partial charge in [-0.3, -0.25) is 11.7 Å². The molecule has 0 atom stereocenters. The molecule has 0 aromatic rings. The number of rotatable bonds is 2. The van der Waals surface area contributed by atoms with E-state index in [4.69, 9.17) is 11.7 Å². The summed E-state index contributed by atoms with van der Waals surface area (Å²) in [6.07, 6.45) is 1.01. The Morgan fingerprint density at radius 3 is 1.70 bits per heavy atom. The van der Waals surface area contributed by atoms with Gasteiger partial charge < -0.3 is 4.79 Å². The Bertz CT molecular complexity index is 79.1. The standard InChI is InChI=1S/C3H11N3.C3H6O/c1-2-3-6(4)5;1-3(2)4/h2-5H2,1H3;1-2H3. The Hall–Kier alpha value is -0.450. The summed E-state index contributed by atoms with van der Waals surface area (Å²) in [5.41, 5.74) is 0. The molecule has 0 bridgehead atoms. The van der Waals surface area contributed by atoms with Crippen molar-refractivity contribution in [2.75, 3.05) is 6.54 Å². The minimum atomic E-state index is 0.167. The fourth-order valence-corrected chi connectivity index (χ4v) is 0.258. The van der Waals surface area contributed by atoms with E-state index >= 15 is 0 Å². The number of carbonyl (C=O) groups excluding carboxylic acids is 1. The van der Waals surface area contributed by atoms with Crippen molar-refractivity contribution in [3.8, 4) is 0 Å². The Morgan fingerprint density at radius 1 is 1.40 bits per heavy atom. The smallest absolute Gasteiger partial charge is 0.126 e. The van der Waals surface area contributed by atoms with Crippen LogP contribution in [-0.4, -0.2) is 17.4 Å². The molecule has 0 radical (unpaired) electrons. The van der Waals surface area contributed by atoms with Crippen LogP contribution in [0.1, 0.15) is 27.2 Å². The molecule has 4 nitrogen and oxygen atoms in total. The van der Waals surface area contributed by atoms with E-state index in [9.17, 15) is 4.79 Å². The zero-order valence-electron chi connectivity index (χ0n) is 6.92. The molecule has 0 unspecified atom stereocenters. The Balaban J connectivity index is 0. The zero-order chi connectivity index (χ0) is 8.57. The molecule has 0 rings (SSSR count). The van der Waals surface area contributed by atoms with Crippen LogP contribution in [0, 0.1) is 0 Å². The molecule has 0 heterocycles. The first-order valence-corrected chi connectivity index (χ1v) is 3.24. The van der Waals surface area contributed by atoms with Crippen LogP contribution in [0.25, 0.3) is 0 Å². The number of Topliss-reactive ketones (excluding diaryl/α,β-unsaturated/α-hetero) is 1. The highest BCUT2D eigenvalue weighted by molar-refractivity contribution is 5.72. The molecule has 0 aromatic carbocycles. The van der Waals surface area contributed by atoms with Gasteiger partial charge in [-0.05, 0) is 20.3 Å². The van der Waals surface area contributed by atoms with Crippen molar-refractivity contribution in [3.05, 3.63) is 0 Å². The van der Waals surface area contributed by atoms with Crippen LogP contribution in [0.5, 0.6) is 0 Å². The summed E-state index contributed by atoms with van der Waals surface area (Å²) in [6, 6.07) is 0. The molecular weight excluding hydrogens is 130 g/mol. The fraction of sp³-hybridized carbons (Fsp3) is 0.833. The third-order valence-corrected chi connectivity index (χ3v) is 0.482. The molecule has 0 aliphatic rings.